The van der Waals surface area contributed by atoms with E-state index in [9.17, 15) is 20.1 Å². The van der Waals surface area contributed by atoms with Gasteiger partial charge in [0, 0.05) is 5.92 Å². The average Bonchev–Trinajstić information content (AvgIpc) is 2.49. The van der Waals surface area contributed by atoms with Crippen LogP contribution in [0.2, 0.25) is 0 Å². The maximum atomic E-state index is 10.9. The van der Waals surface area contributed by atoms with Crippen molar-refractivity contribution >= 4 is 5.97 Å². The summed E-state index contributed by atoms with van der Waals surface area (Å²) in [6, 6.07) is 0. The predicted molar refractivity (Wildman–Crippen MR) is 86.4 cm³/mol. The van der Waals surface area contributed by atoms with Gasteiger partial charge in [0.1, 0.15) is 0 Å². The predicted octanol–water partition coefficient (Wildman–Crippen LogP) is 2.05. The number of aliphatic carboxylic acids is 1. The molecular weight excluding hydrogens is 284 g/mol. The third-order valence-electron chi connectivity index (χ3n) is 4.45. The Labute approximate surface area is 133 Å². The van der Waals surface area contributed by atoms with Gasteiger partial charge in [0.05, 0.1) is 24.2 Å². The Balaban J connectivity index is 4.49. The number of hydrogen-bond acceptors (Lipinski definition) is 4. The maximum Gasteiger partial charge on any atom is 0.308 e. The molecule has 0 aromatic rings. The molecule has 0 aliphatic carbocycles. The van der Waals surface area contributed by atoms with E-state index in [1.807, 2.05) is 20.8 Å². The van der Waals surface area contributed by atoms with Gasteiger partial charge in [-0.2, -0.15) is 0 Å². The number of carboxylic acids is 1. The van der Waals surface area contributed by atoms with Crippen LogP contribution in [0, 0.1) is 23.7 Å². The van der Waals surface area contributed by atoms with E-state index in [1.54, 1.807) is 19.1 Å². The first kappa shape index (κ1) is 21.1. The number of carboxylic acid groups (broad SMARTS) is 1. The molecule has 5 nitrogen and oxygen atoms in total. The van der Waals surface area contributed by atoms with E-state index in [4.69, 9.17) is 5.11 Å². The lowest BCUT2D eigenvalue weighted by atomic mass is 9.84. The van der Waals surface area contributed by atoms with Crippen molar-refractivity contribution in [2.45, 2.75) is 65.8 Å². The van der Waals surface area contributed by atoms with Crippen molar-refractivity contribution in [2.24, 2.45) is 23.7 Å². The van der Waals surface area contributed by atoms with Crippen LogP contribution in [0.15, 0.2) is 12.2 Å². The zero-order chi connectivity index (χ0) is 17.4. The quantitative estimate of drug-likeness (QED) is 0.462. The third kappa shape index (κ3) is 6.90. The van der Waals surface area contributed by atoms with Crippen molar-refractivity contribution in [3.8, 4) is 0 Å². The van der Waals surface area contributed by atoms with Crippen LogP contribution in [0.4, 0.5) is 0 Å². The molecule has 0 amide bonds. The number of aliphatic hydroxyl groups excluding tert-OH is 3. The van der Waals surface area contributed by atoms with E-state index in [1.165, 1.54) is 6.92 Å². The summed E-state index contributed by atoms with van der Waals surface area (Å²) in [6.45, 7) is 8.94. The summed E-state index contributed by atoms with van der Waals surface area (Å²) >= 11 is 0. The molecule has 0 aliphatic rings. The molecule has 4 N–H and O–H groups in total. The highest BCUT2D eigenvalue weighted by Crippen LogP contribution is 2.23. The van der Waals surface area contributed by atoms with Gasteiger partial charge in [0.25, 0.3) is 0 Å². The normalized spacial score (nSPS) is 21.8. The number of rotatable bonds is 10. The topological polar surface area (TPSA) is 98.0 Å². The van der Waals surface area contributed by atoms with Gasteiger partial charge in [0.2, 0.25) is 0 Å². The summed E-state index contributed by atoms with van der Waals surface area (Å²) in [4.78, 5) is 10.9. The lowest BCUT2D eigenvalue weighted by Crippen LogP contribution is -2.33. The highest BCUT2D eigenvalue weighted by Gasteiger charge is 2.28. The lowest BCUT2D eigenvalue weighted by Gasteiger charge is -2.26. The zero-order valence-corrected chi connectivity index (χ0v) is 14.3. The van der Waals surface area contributed by atoms with Crippen molar-refractivity contribution in [2.75, 3.05) is 0 Å². The zero-order valence-electron chi connectivity index (χ0n) is 14.3. The van der Waals surface area contributed by atoms with Gasteiger partial charge in [-0.15, -0.1) is 0 Å². The van der Waals surface area contributed by atoms with Gasteiger partial charge in [-0.3, -0.25) is 4.79 Å². The molecule has 0 saturated carbocycles. The first-order valence-electron chi connectivity index (χ1n) is 8.07. The second-order valence-corrected chi connectivity index (χ2v) is 6.52. The summed E-state index contributed by atoms with van der Waals surface area (Å²) in [5.74, 6) is -2.19. The van der Waals surface area contributed by atoms with Gasteiger partial charge < -0.3 is 20.4 Å². The van der Waals surface area contributed by atoms with E-state index in [0.717, 1.165) is 0 Å². The molecule has 0 rings (SSSR count). The van der Waals surface area contributed by atoms with E-state index >= 15 is 0 Å². The van der Waals surface area contributed by atoms with E-state index in [0.29, 0.717) is 12.8 Å². The highest BCUT2D eigenvalue weighted by atomic mass is 16.4. The Morgan fingerprint density at radius 3 is 2.00 bits per heavy atom. The smallest absolute Gasteiger partial charge is 0.308 e. The molecule has 7 atom stereocenters. The minimum atomic E-state index is -1.02. The van der Waals surface area contributed by atoms with Gasteiger partial charge in [-0.05, 0) is 31.6 Å². The first-order chi connectivity index (χ1) is 10.1. The van der Waals surface area contributed by atoms with Crippen molar-refractivity contribution in [3.05, 3.63) is 12.2 Å². The van der Waals surface area contributed by atoms with E-state index in [-0.39, 0.29) is 17.8 Å². The highest BCUT2D eigenvalue weighted by molar-refractivity contribution is 5.70. The fourth-order valence-corrected chi connectivity index (χ4v) is 2.48. The molecule has 130 valence electrons. The number of aliphatic hydroxyl groups is 3. The Hall–Kier alpha value is -0.910. The monoisotopic (exact) mass is 316 g/mol. The van der Waals surface area contributed by atoms with Crippen LogP contribution in [0.25, 0.3) is 0 Å². The van der Waals surface area contributed by atoms with Gasteiger partial charge >= 0.3 is 5.97 Å². The lowest BCUT2D eigenvalue weighted by molar-refractivity contribution is -0.146. The van der Waals surface area contributed by atoms with Crippen LogP contribution in [0.3, 0.4) is 0 Å². The second kappa shape index (κ2) is 9.98. The van der Waals surface area contributed by atoms with Crippen LogP contribution in [0.1, 0.15) is 47.5 Å². The van der Waals surface area contributed by atoms with Crippen LogP contribution >= 0.6 is 0 Å². The SMILES string of the molecule is CC[C@@H](O)[C@H](C)/C=C/C(O)[C@H](C)C[C@H](C)[C@H](O)[C@@H](C)C(=O)O. The van der Waals surface area contributed by atoms with Gasteiger partial charge in [-0.1, -0.05) is 39.8 Å². The molecule has 0 aliphatic heterocycles. The minimum Gasteiger partial charge on any atom is -0.481 e. The molecule has 0 aromatic heterocycles. The number of hydrogen-bond donors (Lipinski definition) is 4. The Morgan fingerprint density at radius 1 is 1.00 bits per heavy atom. The van der Waals surface area contributed by atoms with E-state index in [2.05, 4.69) is 0 Å². The fraction of sp³-hybridized carbons (Fsp3) is 0.824. The summed E-state index contributed by atoms with van der Waals surface area (Å²) in [5.41, 5.74) is 0. The molecule has 0 spiro atoms. The van der Waals surface area contributed by atoms with E-state index < -0.39 is 30.2 Å². The molecule has 0 aromatic carbocycles. The van der Waals surface area contributed by atoms with Crippen LogP contribution < -0.4 is 0 Å². The average molecular weight is 316 g/mol. The van der Waals surface area contributed by atoms with Crippen molar-refractivity contribution in [3.63, 3.8) is 0 Å². The Morgan fingerprint density at radius 2 is 1.55 bits per heavy atom. The molecular formula is C17H32O5. The van der Waals surface area contributed by atoms with Crippen LogP contribution in [-0.2, 0) is 4.79 Å². The van der Waals surface area contributed by atoms with Gasteiger partial charge in [0.15, 0.2) is 0 Å². The molecule has 0 saturated heterocycles. The Bertz CT molecular complexity index is 355. The molecule has 0 fully saturated rings. The minimum absolute atomic E-state index is 0.0260. The molecule has 1 unspecified atom stereocenters. The molecule has 22 heavy (non-hydrogen) atoms. The molecule has 0 heterocycles. The fourth-order valence-electron chi connectivity index (χ4n) is 2.48. The summed E-state index contributed by atoms with van der Waals surface area (Å²) in [5, 5.41) is 38.7. The molecule has 0 bridgehead atoms. The maximum absolute atomic E-state index is 10.9. The van der Waals surface area contributed by atoms with Crippen molar-refractivity contribution in [1.29, 1.82) is 0 Å². The number of carbonyl (C=O) groups is 1. The van der Waals surface area contributed by atoms with Crippen molar-refractivity contribution in [1.82, 2.24) is 0 Å². The summed E-state index contributed by atoms with van der Waals surface area (Å²) in [6.07, 6.45) is 2.63. The van der Waals surface area contributed by atoms with Gasteiger partial charge in [-0.25, -0.2) is 0 Å². The van der Waals surface area contributed by atoms with Crippen molar-refractivity contribution < 1.29 is 25.2 Å². The standard InChI is InChI=1S/C17H32O5/c1-6-14(18)10(2)7-8-15(19)11(3)9-12(4)16(20)13(5)17(21)22/h7-8,10-16,18-20H,6,9H2,1-5H3,(H,21,22)/b8-7+/t10-,11-,12+,13-,14-,15?,16+/m1/s1. The van der Waals surface area contributed by atoms with Crippen LogP contribution in [-0.4, -0.2) is 44.7 Å². The second-order valence-electron chi connectivity index (χ2n) is 6.52. The third-order valence-corrected chi connectivity index (χ3v) is 4.45. The molecule has 5 heteroatoms. The Kier molecular flexibility index (Phi) is 9.56. The first-order valence-corrected chi connectivity index (χ1v) is 8.07. The van der Waals surface area contributed by atoms with Crippen LogP contribution in [0.5, 0.6) is 0 Å². The molecule has 0 radical (unpaired) electrons. The summed E-state index contributed by atoms with van der Waals surface area (Å²) < 4.78 is 0. The summed E-state index contributed by atoms with van der Waals surface area (Å²) in [7, 11) is 0. The largest absolute Gasteiger partial charge is 0.481 e.